The Hall–Kier alpha value is -2.17. The van der Waals surface area contributed by atoms with E-state index in [0.717, 1.165) is 36.3 Å². The van der Waals surface area contributed by atoms with Crippen LogP contribution in [0.15, 0.2) is 29.2 Å². The lowest BCUT2D eigenvalue weighted by Crippen LogP contribution is -2.19. The van der Waals surface area contributed by atoms with E-state index in [-0.39, 0.29) is 5.56 Å². The first-order valence-corrected chi connectivity index (χ1v) is 8.60. The molecule has 0 aromatic carbocycles. The van der Waals surface area contributed by atoms with Crippen LogP contribution < -0.4 is 10.9 Å². The number of hydrogen-bond acceptors (Lipinski definition) is 4. The topological polar surface area (TPSA) is 70.7 Å². The summed E-state index contributed by atoms with van der Waals surface area (Å²) >= 11 is 0. The van der Waals surface area contributed by atoms with E-state index in [1.54, 1.807) is 6.20 Å². The fourth-order valence-electron chi connectivity index (χ4n) is 2.42. The molecule has 0 radical (unpaired) electrons. The lowest BCUT2D eigenvalue weighted by atomic mass is 9.89. The van der Waals surface area contributed by atoms with Gasteiger partial charge in [-0.1, -0.05) is 27.7 Å². The first kappa shape index (κ1) is 18.2. The quantitative estimate of drug-likeness (QED) is 0.840. The molecule has 0 saturated carbocycles. The van der Waals surface area contributed by atoms with Crippen molar-refractivity contribution in [3.05, 3.63) is 40.4 Å². The summed E-state index contributed by atoms with van der Waals surface area (Å²) in [5, 5.41) is 3.42. The fraction of sp³-hybridized carbons (Fsp3) is 0.526. The average Bonchev–Trinajstić information content (AvgIpc) is 2.52. The molecule has 0 amide bonds. The molecule has 2 N–H and O–H groups in total. The lowest BCUT2D eigenvalue weighted by Gasteiger charge is -2.21. The predicted octanol–water partition coefficient (Wildman–Crippen LogP) is 4.02. The van der Waals surface area contributed by atoms with Crippen molar-refractivity contribution in [2.75, 3.05) is 5.32 Å². The minimum atomic E-state index is -0.130. The molecule has 130 valence electrons. The van der Waals surface area contributed by atoms with Gasteiger partial charge in [0, 0.05) is 29.6 Å². The van der Waals surface area contributed by atoms with Gasteiger partial charge in [0.25, 0.3) is 5.56 Å². The third-order valence-corrected chi connectivity index (χ3v) is 3.92. The smallest absolute Gasteiger partial charge is 0.251 e. The van der Waals surface area contributed by atoms with Gasteiger partial charge in [-0.3, -0.25) is 4.79 Å². The Kier molecular flexibility index (Phi) is 5.75. The highest BCUT2D eigenvalue weighted by atomic mass is 16.1. The van der Waals surface area contributed by atoms with Crippen LogP contribution in [0.25, 0.3) is 11.4 Å². The molecule has 2 aromatic heterocycles. The van der Waals surface area contributed by atoms with Gasteiger partial charge in [-0.2, -0.15) is 0 Å². The number of aromatic nitrogens is 3. The molecule has 24 heavy (non-hydrogen) atoms. The molecule has 0 aliphatic carbocycles. The highest BCUT2D eigenvalue weighted by Crippen LogP contribution is 2.22. The number of nitrogens with zero attached hydrogens (tertiary/aromatic N) is 2. The monoisotopic (exact) mass is 328 g/mol. The van der Waals surface area contributed by atoms with E-state index in [1.807, 2.05) is 19.1 Å². The van der Waals surface area contributed by atoms with Crippen molar-refractivity contribution in [2.24, 2.45) is 5.41 Å². The largest absolute Gasteiger partial charge is 0.368 e. The Morgan fingerprint density at radius 3 is 2.62 bits per heavy atom. The number of rotatable bonds is 6. The summed E-state index contributed by atoms with van der Waals surface area (Å²) in [6, 6.07) is 5.76. The third kappa shape index (κ3) is 5.48. The molecule has 1 unspecified atom stereocenters. The summed E-state index contributed by atoms with van der Waals surface area (Å²) in [5.41, 5.74) is 1.81. The molecule has 2 aromatic rings. The van der Waals surface area contributed by atoms with Crippen LogP contribution in [0.4, 0.5) is 5.82 Å². The van der Waals surface area contributed by atoms with Gasteiger partial charge < -0.3 is 10.3 Å². The van der Waals surface area contributed by atoms with Gasteiger partial charge in [-0.25, -0.2) is 9.97 Å². The maximum atomic E-state index is 11.7. The minimum absolute atomic E-state index is 0.130. The number of anilines is 1. The molecule has 0 bridgehead atoms. The number of H-pyrrole nitrogens is 1. The number of aryl methyl sites for hydroxylation is 1. The average molecular weight is 328 g/mol. The van der Waals surface area contributed by atoms with Crippen molar-refractivity contribution in [2.45, 2.75) is 59.9 Å². The highest BCUT2D eigenvalue weighted by molar-refractivity contribution is 5.55. The third-order valence-electron chi connectivity index (χ3n) is 3.92. The molecule has 0 aliphatic rings. The van der Waals surface area contributed by atoms with E-state index in [0.29, 0.717) is 17.3 Å². The summed E-state index contributed by atoms with van der Waals surface area (Å²) in [6.07, 6.45) is 4.74. The summed E-state index contributed by atoms with van der Waals surface area (Å²) in [4.78, 5) is 23.4. The maximum absolute atomic E-state index is 11.7. The lowest BCUT2D eigenvalue weighted by molar-refractivity contribution is 0.356. The molecular formula is C19H28N4O. The first-order chi connectivity index (χ1) is 11.3. The van der Waals surface area contributed by atoms with Crippen molar-refractivity contribution in [3.63, 3.8) is 0 Å². The van der Waals surface area contributed by atoms with Crippen LogP contribution in [0, 0.1) is 5.41 Å². The molecule has 0 spiro atoms. The molecule has 2 heterocycles. The van der Waals surface area contributed by atoms with Gasteiger partial charge in [0.15, 0.2) is 0 Å². The number of aromatic amines is 1. The van der Waals surface area contributed by atoms with Crippen LogP contribution in [0.3, 0.4) is 0 Å². The van der Waals surface area contributed by atoms with Crippen molar-refractivity contribution in [1.29, 1.82) is 0 Å². The molecule has 5 heteroatoms. The SMILES string of the molecule is CCc1cc(=O)[nH]c(-c2ccc(NC(C)CCC(C)(C)C)nc2)n1. The Bertz CT molecular complexity index is 713. The van der Waals surface area contributed by atoms with E-state index in [2.05, 4.69) is 48.0 Å². The normalized spacial score (nSPS) is 12.9. The minimum Gasteiger partial charge on any atom is -0.368 e. The van der Waals surface area contributed by atoms with Crippen molar-refractivity contribution >= 4 is 5.82 Å². The maximum Gasteiger partial charge on any atom is 0.251 e. The predicted molar refractivity (Wildman–Crippen MR) is 99.2 cm³/mol. The zero-order valence-corrected chi connectivity index (χ0v) is 15.3. The van der Waals surface area contributed by atoms with Crippen molar-refractivity contribution < 1.29 is 0 Å². The fourth-order valence-corrected chi connectivity index (χ4v) is 2.42. The second-order valence-electron chi connectivity index (χ2n) is 7.52. The van der Waals surface area contributed by atoms with Crippen LogP contribution in [-0.2, 0) is 6.42 Å². The zero-order valence-electron chi connectivity index (χ0n) is 15.3. The van der Waals surface area contributed by atoms with E-state index in [9.17, 15) is 4.79 Å². The van der Waals surface area contributed by atoms with Gasteiger partial charge in [-0.05, 0) is 43.7 Å². The molecule has 2 rings (SSSR count). The molecule has 5 nitrogen and oxygen atoms in total. The Morgan fingerprint density at radius 1 is 1.29 bits per heavy atom. The van der Waals surface area contributed by atoms with Crippen molar-refractivity contribution in [3.8, 4) is 11.4 Å². The Balaban J connectivity index is 2.05. The van der Waals surface area contributed by atoms with Gasteiger partial charge >= 0.3 is 0 Å². The van der Waals surface area contributed by atoms with Crippen molar-refractivity contribution in [1.82, 2.24) is 15.0 Å². The molecule has 1 atom stereocenters. The highest BCUT2D eigenvalue weighted by Gasteiger charge is 2.13. The van der Waals surface area contributed by atoms with Gasteiger partial charge in [0.1, 0.15) is 11.6 Å². The van der Waals surface area contributed by atoms with Crippen LogP contribution in [0.5, 0.6) is 0 Å². The van der Waals surface area contributed by atoms with E-state index in [4.69, 9.17) is 0 Å². The molecule has 0 saturated heterocycles. The number of hydrogen-bond donors (Lipinski definition) is 2. The summed E-state index contributed by atoms with van der Waals surface area (Å²) in [6.45, 7) is 10.9. The zero-order chi connectivity index (χ0) is 17.7. The number of pyridine rings is 1. The Labute approximate surface area is 144 Å². The van der Waals surface area contributed by atoms with Crippen LogP contribution in [0.1, 0.15) is 53.2 Å². The summed E-state index contributed by atoms with van der Waals surface area (Å²) in [7, 11) is 0. The van der Waals surface area contributed by atoms with Crippen LogP contribution in [0.2, 0.25) is 0 Å². The van der Waals surface area contributed by atoms with Gasteiger partial charge in [0.2, 0.25) is 0 Å². The first-order valence-electron chi connectivity index (χ1n) is 8.60. The molecular weight excluding hydrogens is 300 g/mol. The van der Waals surface area contributed by atoms with E-state index in [1.165, 1.54) is 6.07 Å². The van der Waals surface area contributed by atoms with Gasteiger partial charge in [-0.15, -0.1) is 0 Å². The molecule has 0 aliphatic heterocycles. The standard InChI is InChI=1S/C19H28N4O/c1-6-15-11-17(24)23-18(22-15)14-7-8-16(20-12-14)21-13(2)9-10-19(3,4)5/h7-8,11-13H,6,9-10H2,1-5H3,(H,20,21)(H,22,23,24). The second kappa shape index (κ2) is 7.60. The van der Waals surface area contributed by atoms with E-state index < -0.39 is 0 Å². The van der Waals surface area contributed by atoms with E-state index >= 15 is 0 Å². The summed E-state index contributed by atoms with van der Waals surface area (Å²) < 4.78 is 0. The Morgan fingerprint density at radius 2 is 2.04 bits per heavy atom. The van der Waals surface area contributed by atoms with Gasteiger partial charge in [0.05, 0.1) is 0 Å². The van der Waals surface area contributed by atoms with Crippen LogP contribution >= 0.6 is 0 Å². The van der Waals surface area contributed by atoms with Crippen LogP contribution in [-0.4, -0.2) is 21.0 Å². The second-order valence-corrected chi connectivity index (χ2v) is 7.52. The number of nitrogens with one attached hydrogen (secondary N) is 2. The molecule has 0 fully saturated rings. The summed E-state index contributed by atoms with van der Waals surface area (Å²) in [5.74, 6) is 1.41.